The SMILES string of the molecule is CCc1ccc(OCC(=O)OCC(=O)NCCc2ccc(F)cc2)cc1. The van der Waals surface area contributed by atoms with Crippen molar-refractivity contribution in [2.24, 2.45) is 0 Å². The lowest BCUT2D eigenvalue weighted by molar-refractivity contribution is -0.150. The number of benzene rings is 2. The third-order valence-corrected chi connectivity index (χ3v) is 3.70. The van der Waals surface area contributed by atoms with Gasteiger partial charge in [0.15, 0.2) is 13.2 Å². The van der Waals surface area contributed by atoms with Gasteiger partial charge in [-0.05, 0) is 48.2 Å². The Morgan fingerprint density at radius 2 is 1.62 bits per heavy atom. The van der Waals surface area contributed by atoms with E-state index in [1.165, 1.54) is 17.7 Å². The molecule has 0 aromatic heterocycles. The van der Waals surface area contributed by atoms with Gasteiger partial charge in [0, 0.05) is 6.54 Å². The largest absolute Gasteiger partial charge is 0.482 e. The van der Waals surface area contributed by atoms with Crippen LogP contribution in [-0.4, -0.2) is 31.6 Å². The summed E-state index contributed by atoms with van der Waals surface area (Å²) in [5, 5.41) is 2.64. The fraction of sp³-hybridized carbons (Fsp3) is 0.300. The molecule has 5 nitrogen and oxygen atoms in total. The number of carbonyl (C=O) groups excluding carboxylic acids is 2. The molecule has 0 heterocycles. The highest BCUT2D eigenvalue weighted by molar-refractivity contribution is 5.80. The molecule has 0 aliphatic heterocycles. The van der Waals surface area contributed by atoms with Gasteiger partial charge in [-0.2, -0.15) is 0 Å². The summed E-state index contributed by atoms with van der Waals surface area (Å²) < 4.78 is 23.0. The van der Waals surface area contributed by atoms with Gasteiger partial charge in [-0.3, -0.25) is 4.79 Å². The molecule has 0 radical (unpaired) electrons. The van der Waals surface area contributed by atoms with Gasteiger partial charge in [-0.1, -0.05) is 31.2 Å². The summed E-state index contributed by atoms with van der Waals surface area (Å²) >= 11 is 0. The maximum Gasteiger partial charge on any atom is 0.344 e. The summed E-state index contributed by atoms with van der Waals surface area (Å²) in [6.45, 7) is 1.81. The maximum absolute atomic E-state index is 12.8. The summed E-state index contributed by atoms with van der Waals surface area (Å²) in [4.78, 5) is 23.3. The first-order valence-corrected chi connectivity index (χ1v) is 8.45. The highest BCUT2D eigenvalue weighted by Gasteiger charge is 2.08. The Balaban J connectivity index is 1.60. The Bertz CT molecular complexity index is 714. The summed E-state index contributed by atoms with van der Waals surface area (Å²) in [7, 11) is 0. The quantitative estimate of drug-likeness (QED) is 0.699. The summed E-state index contributed by atoms with van der Waals surface area (Å²) in [6.07, 6.45) is 1.50. The number of amides is 1. The minimum absolute atomic E-state index is 0.256. The third kappa shape index (κ3) is 6.93. The molecule has 1 N–H and O–H groups in total. The number of rotatable bonds is 9. The van der Waals surface area contributed by atoms with E-state index in [4.69, 9.17) is 9.47 Å². The van der Waals surface area contributed by atoms with Crippen molar-refractivity contribution in [3.8, 4) is 5.75 Å². The lowest BCUT2D eigenvalue weighted by Gasteiger charge is -2.08. The Morgan fingerprint density at radius 3 is 2.27 bits per heavy atom. The number of hydrogen-bond acceptors (Lipinski definition) is 4. The summed E-state index contributed by atoms with van der Waals surface area (Å²) in [5.74, 6) is -0.734. The summed E-state index contributed by atoms with van der Waals surface area (Å²) in [5.41, 5.74) is 2.09. The molecule has 138 valence electrons. The molecule has 0 spiro atoms. The molecule has 0 unspecified atom stereocenters. The van der Waals surface area contributed by atoms with Crippen LogP contribution < -0.4 is 10.1 Å². The van der Waals surface area contributed by atoms with E-state index < -0.39 is 11.9 Å². The smallest absolute Gasteiger partial charge is 0.344 e. The Kier molecular flexibility index (Phi) is 7.61. The van der Waals surface area contributed by atoms with E-state index in [1.54, 1.807) is 24.3 Å². The van der Waals surface area contributed by atoms with E-state index in [0.29, 0.717) is 18.7 Å². The van der Waals surface area contributed by atoms with E-state index >= 15 is 0 Å². The van der Waals surface area contributed by atoms with Crippen LogP contribution in [0.2, 0.25) is 0 Å². The van der Waals surface area contributed by atoms with Crippen molar-refractivity contribution < 1.29 is 23.5 Å². The average Bonchev–Trinajstić information content (AvgIpc) is 2.66. The van der Waals surface area contributed by atoms with Gasteiger partial charge in [0.25, 0.3) is 5.91 Å². The van der Waals surface area contributed by atoms with Crippen LogP contribution >= 0.6 is 0 Å². The van der Waals surface area contributed by atoms with Crippen LogP contribution in [0.1, 0.15) is 18.1 Å². The first-order valence-electron chi connectivity index (χ1n) is 8.45. The van der Waals surface area contributed by atoms with Crippen molar-refractivity contribution in [2.45, 2.75) is 19.8 Å². The minimum Gasteiger partial charge on any atom is -0.482 e. The average molecular weight is 359 g/mol. The lowest BCUT2D eigenvalue weighted by Crippen LogP contribution is -2.31. The number of carbonyl (C=O) groups is 2. The van der Waals surface area contributed by atoms with E-state index in [-0.39, 0.29) is 19.0 Å². The number of aryl methyl sites for hydroxylation is 1. The summed E-state index contributed by atoms with van der Waals surface area (Å²) in [6, 6.07) is 13.5. The molecule has 0 fully saturated rings. The molecule has 2 rings (SSSR count). The predicted octanol–water partition coefficient (Wildman–Crippen LogP) is 2.67. The molecule has 0 aliphatic carbocycles. The van der Waals surface area contributed by atoms with Crippen LogP contribution in [0.3, 0.4) is 0 Å². The number of esters is 1. The van der Waals surface area contributed by atoms with Gasteiger partial charge in [-0.25, -0.2) is 9.18 Å². The predicted molar refractivity (Wildman–Crippen MR) is 95.4 cm³/mol. The van der Waals surface area contributed by atoms with Gasteiger partial charge in [0.2, 0.25) is 0 Å². The normalized spacial score (nSPS) is 10.2. The Morgan fingerprint density at radius 1 is 0.962 bits per heavy atom. The zero-order chi connectivity index (χ0) is 18.8. The minimum atomic E-state index is -0.613. The lowest BCUT2D eigenvalue weighted by atomic mass is 10.1. The zero-order valence-electron chi connectivity index (χ0n) is 14.7. The van der Waals surface area contributed by atoms with E-state index in [0.717, 1.165) is 12.0 Å². The molecule has 0 atom stereocenters. The Labute approximate surface area is 152 Å². The number of nitrogens with one attached hydrogen (secondary N) is 1. The molecule has 1 amide bonds. The molecule has 2 aromatic rings. The van der Waals surface area contributed by atoms with E-state index in [9.17, 15) is 14.0 Å². The Hall–Kier alpha value is -2.89. The standard InChI is InChI=1S/C20H22FNO4/c1-2-15-5-9-18(10-6-15)25-14-20(24)26-13-19(23)22-12-11-16-3-7-17(21)8-4-16/h3-10H,2,11-14H2,1H3,(H,22,23). The van der Waals surface area contributed by atoms with Gasteiger partial charge in [-0.15, -0.1) is 0 Å². The molecular weight excluding hydrogens is 337 g/mol. The first-order chi connectivity index (χ1) is 12.6. The van der Waals surface area contributed by atoms with Crippen LogP contribution in [0.25, 0.3) is 0 Å². The molecule has 26 heavy (non-hydrogen) atoms. The molecule has 0 saturated carbocycles. The van der Waals surface area contributed by atoms with Crippen molar-refractivity contribution in [1.29, 1.82) is 0 Å². The van der Waals surface area contributed by atoms with Gasteiger partial charge in [0.05, 0.1) is 0 Å². The molecule has 0 aliphatic rings. The van der Waals surface area contributed by atoms with Crippen molar-refractivity contribution in [3.05, 3.63) is 65.5 Å². The van der Waals surface area contributed by atoms with E-state index in [2.05, 4.69) is 12.2 Å². The monoisotopic (exact) mass is 359 g/mol. The van der Waals surface area contributed by atoms with Crippen molar-refractivity contribution in [1.82, 2.24) is 5.32 Å². The molecule has 0 saturated heterocycles. The number of hydrogen-bond donors (Lipinski definition) is 1. The molecule has 2 aromatic carbocycles. The zero-order valence-corrected chi connectivity index (χ0v) is 14.7. The highest BCUT2D eigenvalue weighted by Crippen LogP contribution is 2.12. The second-order valence-corrected chi connectivity index (χ2v) is 5.67. The molecular formula is C20H22FNO4. The second-order valence-electron chi connectivity index (χ2n) is 5.67. The maximum atomic E-state index is 12.8. The molecule has 0 bridgehead atoms. The fourth-order valence-electron chi connectivity index (χ4n) is 2.20. The van der Waals surface area contributed by atoms with Crippen molar-refractivity contribution >= 4 is 11.9 Å². The highest BCUT2D eigenvalue weighted by atomic mass is 19.1. The van der Waals surface area contributed by atoms with Crippen LogP contribution in [-0.2, 0) is 27.2 Å². The number of halogens is 1. The topological polar surface area (TPSA) is 64.6 Å². The third-order valence-electron chi connectivity index (χ3n) is 3.70. The first kappa shape index (κ1) is 19.4. The number of ether oxygens (including phenoxy) is 2. The van der Waals surface area contributed by atoms with Crippen molar-refractivity contribution in [2.75, 3.05) is 19.8 Å². The van der Waals surface area contributed by atoms with Crippen LogP contribution in [0.4, 0.5) is 4.39 Å². The van der Waals surface area contributed by atoms with Crippen LogP contribution in [0.5, 0.6) is 5.75 Å². The van der Waals surface area contributed by atoms with Crippen LogP contribution in [0, 0.1) is 5.82 Å². The van der Waals surface area contributed by atoms with E-state index in [1.807, 2.05) is 12.1 Å². The second kappa shape index (κ2) is 10.2. The van der Waals surface area contributed by atoms with Gasteiger partial charge in [0.1, 0.15) is 11.6 Å². The van der Waals surface area contributed by atoms with Crippen molar-refractivity contribution in [3.63, 3.8) is 0 Å². The van der Waals surface area contributed by atoms with Gasteiger partial charge >= 0.3 is 5.97 Å². The molecule has 6 heteroatoms. The fourth-order valence-corrected chi connectivity index (χ4v) is 2.20. The van der Waals surface area contributed by atoms with Gasteiger partial charge < -0.3 is 14.8 Å². The van der Waals surface area contributed by atoms with Crippen LogP contribution in [0.15, 0.2) is 48.5 Å².